The van der Waals surface area contributed by atoms with Crippen LogP contribution < -0.4 is 5.32 Å². The third-order valence-corrected chi connectivity index (χ3v) is 2.06. The Kier molecular flexibility index (Phi) is 2.25. The number of fused-ring (bicyclic) bond motifs is 1. The minimum Gasteiger partial charge on any atom is -0.368 e. The van der Waals surface area contributed by atoms with Gasteiger partial charge in [-0.2, -0.15) is 9.97 Å². The van der Waals surface area contributed by atoms with Gasteiger partial charge >= 0.3 is 0 Å². The number of hydrogen-bond donors (Lipinski definition) is 1. The molecule has 0 bridgehead atoms. The molecule has 1 N–H and O–H groups in total. The first-order chi connectivity index (χ1) is 6.72. The van der Waals surface area contributed by atoms with Gasteiger partial charge < -0.3 is 9.88 Å². The van der Waals surface area contributed by atoms with E-state index in [1.165, 1.54) is 0 Å². The highest BCUT2D eigenvalue weighted by Crippen LogP contribution is 2.19. The molecule has 14 heavy (non-hydrogen) atoms. The van der Waals surface area contributed by atoms with E-state index < -0.39 is 0 Å². The maximum absolute atomic E-state index is 5.76. The first-order valence-corrected chi connectivity index (χ1v) is 4.68. The predicted molar refractivity (Wildman–Crippen MR) is 55.5 cm³/mol. The largest absolute Gasteiger partial charge is 0.368 e. The molecule has 0 atom stereocenters. The van der Waals surface area contributed by atoms with Crippen LogP contribution in [0.2, 0.25) is 5.28 Å². The van der Waals surface area contributed by atoms with Gasteiger partial charge in [0.05, 0.1) is 6.33 Å². The normalized spacial score (nSPS) is 10.8. The molecule has 2 aromatic heterocycles. The molecule has 0 saturated carbocycles. The Balaban J connectivity index is 2.70. The fraction of sp³-hybridized carbons (Fsp3) is 0.375. The van der Waals surface area contributed by atoms with Crippen molar-refractivity contribution in [2.45, 2.75) is 6.92 Å². The summed E-state index contributed by atoms with van der Waals surface area (Å²) < 4.78 is 1.86. The van der Waals surface area contributed by atoms with Crippen LogP contribution in [0.15, 0.2) is 6.33 Å². The Bertz CT molecular complexity index is 464. The van der Waals surface area contributed by atoms with Crippen molar-refractivity contribution in [3.63, 3.8) is 0 Å². The highest BCUT2D eigenvalue weighted by Gasteiger charge is 2.09. The van der Waals surface area contributed by atoms with E-state index in [2.05, 4.69) is 20.3 Å². The van der Waals surface area contributed by atoms with Crippen LogP contribution in [-0.2, 0) is 7.05 Å². The molecule has 0 spiro atoms. The van der Waals surface area contributed by atoms with Crippen molar-refractivity contribution in [1.29, 1.82) is 0 Å². The Hall–Kier alpha value is -1.36. The molecule has 2 aromatic rings. The topological polar surface area (TPSA) is 55.6 Å². The fourth-order valence-corrected chi connectivity index (χ4v) is 1.49. The summed E-state index contributed by atoms with van der Waals surface area (Å²) in [5, 5.41) is 3.34. The zero-order valence-electron chi connectivity index (χ0n) is 7.95. The van der Waals surface area contributed by atoms with Crippen LogP contribution in [0.25, 0.3) is 11.2 Å². The van der Waals surface area contributed by atoms with Crippen LogP contribution >= 0.6 is 11.6 Å². The van der Waals surface area contributed by atoms with E-state index in [4.69, 9.17) is 11.6 Å². The summed E-state index contributed by atoms with van der Waals surface area (Å²) in [6.45, 7) is 2.78. The van der Waals surface area contributed by atoms with E-state index in [9.17, 15) is 0 Å². The van der Waals surface area contributed by atoms with Gasteiger partial charge in [-0.1, -0.05) is 0 Å². The summed E-state index contributed by atoms with van der Waals surface area (Å²) in [7, 11) is 1.90. The molecular formula is C8H10ClN5. The number of anilines is 1. The van der Waals surface area contributed by atoms with Crippen LogP contribution in [0.3, 0.4) is 0 Å². The third-order valence-electron chi connectivity index (χ3n) is 1.89. The van der Waals surface area contributed by atoms with E-state index in [1.54, 1.807) is 6.33 Å². The summed E-state index contributed by atoms with van der Waals surface area (Å²) in [6.07, 6.45) is 1.69. The highest BCUT2D eigenvalue weighted by molar-refractivity contribution is 6.28. The van der Waals surface area contributed by atoms with Crippen LogP contribution in [0.1, 0.15) is 6.92 Å². The molecule has 5 nitrogen and oxygen atoms in total. The number of aromatic nitrogens is 4. The van der Waals surface area contributed by atoms with Crippen molar-refractivity contribution < 1.29 is 0 Å². The van der Waals surface area contributed by atoms with Gasteiger partial charge in [-0.25, -0.2) is 4.98 Å². The molecule has 0 aliphatic heterocycles. The molecule has 0 amide bonds. The molecular weight excluding hydrogens is 202 g/mol. The number of rotatable bonds is 2. The van der Waals surface area contributed by atoms with E-state index in [0.717, 1.165) is 17.9 Å². The zero-order chi connectivity index (χ0) is 10.1. The smallest absolute Gasteiger partial charge is 0.226 e. The van der Waals surface area contributed by atoms with Gasteiger partial charge in [-0.3, -0.25) is 0 Å². The van der Waals surface area contributed by atoms with Gasteiger partial charge in [0.2, 0.25) is 5.28 Å². The molecule has 0 aromatic carbocycles. The standard InChI is InChI=1S/C8H10ClN5/c1-3-10-6-5-7(11-4-14(5)2)13-8(9)12-6/h4H,3H2,1-2H3,(H,10,12,13). The van der Waals surface area contributed by atoms with Gasteiger partial charge in [0.25, 0.3) is 0 Å². The van der Waals surface area contributed by atoms with Crippen LogP contribution in [0.4, 0.5) is 5.82 Å². The first-order valence-electron chi connectivity index (χ1n) is 4.30. The number of aryl methyl sites for hydroxylation is 1. The lowest BCUT2D eigenvalue weighted by Crippen LogP contribution is -2.03. The van der Waals surface area contributed by atoms with Gasteiger partial charge in [0.15, 0.2) is 11.5 Å². The van der Waals surface area contributed by atoms with Crippen LogP contribution in [0.5, 0.6) is 0 Å². The Labute approximate surface area is 86.1 Å². The van der Waals surface area contributed by atoms with Crippen LogP contribution in [0, 0.1) is 0 Å². The number of halogens is 1. The minimum atomic E-state index is 0.215. The Morgan fingerprint density at radius 3 is 3.00 bits per heavy atom. The molecule has 0 fully saturated rings. The summed E-state index contributed by atoms with van der Waals surface area (Å²) in [6, 6.07) is 0. The van der Waals surface area contributed by atoms with Crippen molar-refractivity contribution in [2.24, 2.45) is 7.05 Å². The monoisotopic (exact) mass is 211 g/mol. The minimum absolute atomic E-state index is 0.215. The summed E-state index contributed by atoms with van der Waals surface area (Å²) in [5.41, 5.74) is 1.49. The van der Waals surface area contributed by atoms with Crippen LogP contribution in [-0.4, -0.2) is 26.1 Å². The fourth-order valence-electron chi connectivity index (χ4n) is 1.32. The lowest BCUT2D eigenvalue weighted by atomic mass is 10.5. The molecule has 0 saturated heterocycles. The Morgan fingerprint density at radius 1 is 1.50 bits per heavy atom. The van der Waals surface area contributed by atoms with E-state index in [0.29, 0.717) is 5.65 Å². The first kappa shape index (κ1) is 9.21. The SMILES string of the molecule is CCNc1nc(Cl)nc2ncn(C)c12. The molecule has 74 valence electrons. The van der Waals surface area contributed by atoms with Crippen molar-refractivity contribution in [3.05, 3.63) is 11.6 Å². The average Bonchev–Trinajstić information content (AvgIpc) is 2.48. The van der Waals surface area contributed by atoms with Crippen molar-refractivity contribution >= 4 is 28.6 Å². The second-order valence-corrected chi connectivity index (χ2v) is 3.24. The number of imidazole rings is 1. The number of hydrogen-bond acceptors (Lipinski definition) is 4. The summed E-state index contributed by atoms with van der Waals surface area (Å²) in [5.74, 6) is 0.725. The van der Waals surface area contributed by atoms with Gasteiger partial charge in [-0.05, 0) is 18.5 Å². The predicted octanol–water partition coefficient (Wildman–Crippen LogP) is 1.45. The van der Waals surface area contributed by atoms with E-state index in [-0.39, 0.29) is 5.28 Å². The summed E-state index contributed by atoms with van der Waals surface area (Å²) in [4.78, 5) is 12.2. The molecule has 0 aliphatic rings. The van der Waals surface area contributed by atoms with Crippen molar-refractivity contribution in [1.82, 2.24) is 19.5 Å². The maximum Gasteiger partial charge on any atom is 0.226 e. The van der Waals surface area contributed by atoms with Crippen molar-refractivity contribution in [2.75, 3.05) is 11.9 Å². The average molecular weight is 212 g/mol. The van der Waals surface area contributed by atoms with E-state index in [1.807, 2.05) is 18.5 Å². The number of nitrogens with one attached hydrogen (secondary N) is 1. The second kappa shape index (κ2) is 3.42. The molecule has 6 heteroatoms. The number of nitrogens with zero attached hydrogens (tertiary/aromatic N) is 4. The molecule has 2 heterocycles. The Morgan fingerprint density at radius 2 is 2.29 bits per heavy atom. The quantitative estimate of drug-likeness (QED) is 0.764. The molecule has 0 radical (unpaired) electrons. The zero-order valence-corrected chi connectivity index (χ0v) is 8.71. The maximum atomic E-state index is 5.76. The molecule has 0 unspecified atom stereocenters. The molecule has 0 aliphatic carbocycles. The molecule has 2 rings (SSSR count). The van der Waals surface area contributed by atoms with E-state index >= 15 is 0 Å². The lowest BCUT2D eigenvalue weighted by molar-refractivity contribution is 0.943. The third kappa shape index (κ3) is 1.39. The van der Waals surface area contributed by atoms with Gasteiger partial charge in [0.1, 0.15) is 5.52 Å². The summed E-state index contributed by atoms with van der Waals surface area (Å²) >= 11 is 5.76. The van der Waals surface area contributed by atoms with Crippen molar-refractivity contribution in [3.8, 4) is 0 Å². The lowest BCUT2D eigenvalue weighted by Gasteiger charge is -2.04. The highest BCUT2D eigenvalue weighted by atomic mass is 35.5. The second-order valence-electron chi connectivity index (χ2n) is 2.90. The van der Waals surface area contributed by atoms with Gasteiger partial charge in [-0.15, -0.1) is 0 Å². The van der Waals surface area contributed by atoms with Gasteiger partial charge in [0, 0.05) is 13.6 Å².